The van der Waals surface area contributed by atoms with Gasteiger partial charge in [0.2, 0.25) is 5.89 Å². The van der Waals surface area contributed by atoms with Crippen LogP contribution in [0.25, 0.3) is 11.0 Å². The van der Waals surface area contributed by atoms with Gasteiger partial charge < -0.3 is 4.52 Å². The Labute approximate surface area is 139 Å². The maximum absolute atomic E-state index is 5.42. The van der Waals surface area contributed by atoms with Gasteiger partial charge in [0.05, 0.1) is 22.0 Å². The van der Waals surface area contributed by atoms with Crippen LogP contribution >= 0.6 is 11.8 Å². The molecule has 0 saturated carbocycles. The lowest BCUT2D eigenvalue weighted by Gasteiger charge is -2.11. The molecule has 0 bridgehead atoms. The van der Waals surface area contributed by atoms with Crippen LogP contribution in [0, 0.1) is 6.92 Å². The number of hydrogen-bond acceptors (Lipinski definition) is 6. The van der Waals surface area contributed by atoms with Crippen molar-refractivity contribution >= 4 is 22.8 Å². The Hall–Kier alpha value is -1.95. The largest absolute Gasteiger partial charge is 0.338 e. The van der Waals surface area contributed by atoms with E-state index in [0.29, 0.717) is 5.89 Å². The zero-order valence-corrected chi connectivity index (χ0v) is 14.8. The monoisotopic (exact) mass is 328 g/mol. The summed E-state index contributed by atoms with van der Waals surface area (Å²) in [5.74, 6) is 1.34. The zero-order valence-electron chi connectivity index (χ0n) is 14.0. The Bertz CT molecular complexity index is 838. The second-order valence-corrected chi connectivity index (χ2v) is 7.90. The van der Waals surface area contributed by atoms with Crippen LogP contribution in [0.5, 0.6) is 0 Å². The van der Waals surface area contributed by atoms with Gasteiger partial charge in [-0.3, -0.25) is 0 Å². The van der Waals surface area contributed by atoms with Crippen LogP contribution in [0.15, 0.2) is 33.8 Å². The number of benzene rings is 1. The van der Waals surface area contributed by atoms with E-state index in [1.54, 1.807) is 11.8 Å². The quantitative estimate of drug-likeness (QED) is 0.661. The summed E-state index contributed by atoms with van der Waals surface area (Å²) < 4.78 is 5.42. The fourth-order valence-corrected chi connectivity index (χ4v) is 3.01. The molecule has 5 nitrogen and oxygen atoms in total. The first-order valence-corrected chi connectivity index (χ1v) is 8.46. The van der Waals surface area contributed by atoms with Crippen molar-refractivity contribution < 1.29 is 4.52 Å². The molecule has 0 amide bonds. The molecule has 6 heteroatoms. The molecule has 1 atom stereocenters. The molecule has 0 spiro atoms. The second-order valence-electron chi connectivity index (χ2n) is 6.57. The van der Waals surface area contributed by atoms with Gasteiger partial charge >= 0.3 is 0 Å². The Morgan fingerprint density at radius 2 is 1.70 bits per heavy atom. The third-order valence-corrected chi connectivity index (χ3v) is 4.62. The summed E-state index contributed by atoms with van der Waals surface area (Å²) in [6.45, 7) is 10.2. The van der Waals surface area contributed by atoms with Crippen LogP contribution in [-0.2, 0) is 5.41 Å². The van der Waals surface area contributed by atoms with E-state index in [2.05, 4.69) is 35.9 Å². The van der Waals surface area contributed by atoms with E-state index >= 15 is 0 Å². The number of para-hydroxylation sites is 2. The fourth-order valence-electron chi connectivity index (χ4n) is 2.11. The number of aromatic nitrogens is 4. The minimum Gasteiger partial charge on any atom is -0.338 e. The van der Waals surface area contributed by atoms with Gasteiger partial charge in [0.25, 0.3) is 0 Å². The maximum Gasteiger partial charge on any atom is 0.239 e. The summed E-state index contributed by atoms with van der Waals surface area (Å²) in [5.41, 5.74) is 2.60. The van der Waals surface area contributed by atoms with E-state index in [4.69, 9.17) is 9.51 Å². The highest BCUT2D eigenvalue weighted by Gasteiger charge is 2.24. The molecule has 0 unspecified atom stereocenters. The number of thioether (sulfide) groups is 1. The molecule has 23 heavy (non-hydrogen) atoms. The lowest BCUT2D eigenvalue weighted by atomic mass is 9.96. The van der Waals surface area contributed by atoms with E-state index in [1.165, 1.54) is 0 Å². The first-order chi connectivity index (χ1) is 10.8. The van der Waals surface area contributed by atoms with Crippen molar-refractivity contribution in [2.24, 2.45) is 0 Å². The smallest absolute Gasteiger partial charge is 0.239 e. The molecular formula is C17H20N4OS. The summed E-state index contributed by atoms with van der Waals surface area (Å²) in [6.07, 6.45) is 0. The third-order valence-electron chi connectivity index (χ3n) is 3.45. The van der Waals surface area contributed by atoms with Crippen LogP contribution in [0.2, 0.25) is 0 Å². The van der Waals surface area contributed by atoms with E-state index in [0.717, 1.165) is 27.6 Å². The van der Waals surface area contributed by atoms with Gasteiger partial charge in [-0.15, -0.1) is 0 Å². The molecular weight excluding hydrogens is 308 g/mol. The van der Waals surface area contributed by atoms with Crippen molar-refractivity contribution in [1.29, 1.82) is 0 Å². The molecule has 120 valence electrons. The molecule has 0 aliphatic carbocycles. The molecule has 0 radical (unpaired) electrons. The van der Waals surface area contributed by atoms with Gasteiger partial charge in [0, 0.05) is 5.41 Å². The van der Waals surface area contributed by atoms with Gasteiger partial charge in [-0.05, 0) is 26.0 Å². The van der Waals surface area contributed by atoms with Crippen molar-refractivity contribution in [2.75, 3.05) is 0 Å². The first-order valence-electron chi connectivity index (χ1n) is 7.59. The van der Waals surface area contributed by atoms with E-state index in [9.17, 15) is 0 Å². The van der Waals surface area contributed by atoms with Crippen molar-refractivity contribution in [3.05, 3.63) is 41.7 Å². The molecule has 0 saturated heterocycles. The minimum absolute atomic E-state index is 0.0211. The van der Waals surface area contributed by atoms with Crippen LogP contribution in [0.1, 0.15) is 50.4 Å². The van der Waals surface area contributed by atoms with Crippen LogP contribution in [-0.4, -0.2) is 20.1 Å². The number of nitrogens with zero attached hydrogens (tertiary/aromatic N) is 4. The predicted molar refractivity (Wildman–Crippen MR) is 91.5 cm³/mol. The average Bonchev–Trinajstić information content (AvgIpc) is 2.98. The topological polar surface area (TPSA) is 64.7 Å². The average molecular weight is 328 g/mol. The maximum atomic E-state index is 5.42. The zero-order chi connectivity index (χ0) is 16.6. The molecule has 0 aliphatic rings. The molecule has 3 rings (SSSR count). The number of aryl methyl sites for hydroxylation is 1. The van der Waals surface area contributed by atoms with E-state index in [-0.39, 0.29) is 10.7 Å². The lowest BCUT2D eigenvalue weighted by Crippen LogP contribution is -2.13. The van der Waals surface area contributed by atoms with Crippen LogP contribution in [0.4, 0.5) is 0 Å². The van der Waals surface area contributed by atoms with Gasteiger partial charge in [-0.2, -0.15) is 4.98 Å². The first kappa shape index (κ1) is 15.9. The van der Waals surface area contributed by atoms with Crippen LogP contribution < -0.4 is 0 Å². The Kier molecular flexibility index (Phi) is 4.10. The predicted octanol–water partition coefficient (Wildman–Crippen LogP) is 4.47. The normalized spacial score (nSPS) is 13.4. The van der Waals surface area contributed by atoms with Crippen LogP contribution in [0.3, 0.4) is 0 Å². The molecule has 2 heterocycles. The molecule has 0 N–H and O–H groups in total. The fraction of sp³-hybridized carbons (Fsp3) is 0.412. The van der Waals surface area contributed by atoms with E-state index in [1.807, 2.05) is 38.1 Å². The second kappa shape index (κ2) is 5.92. The Morgan fingerprint density at radius 1 is 1.04 bits per heavy atom. The standard InChI is InChI=1S/C17H20N4OS/c1-10-15(19-13-9-7-6-8-12(13)18-10)23-11(2)14-20-16(21-22-14)17(3,4)5/h6-9,11H,1-5H3/t11-/m1/s1. The Morgan fingerprint density at radius 3 is 2.30 bits per heavy atom. The highest BCUT2D eigenvalue weighted by Crippen LogP contribution is 2.35. The highest BCUT2D eigenvalue weighted by molar-refractivity contribution is 7.99. The summed E-state index contributed by atoms with van der Waals surface area (Å²) in [5, 5.41) is 5.00. The summed E-state index contributed by atoms with van der Waals surface area (Å²) in [4.78, 5) is 13.8. The van der Waals surface area contributed by atoms with Gasteiger partial charge in [-0.1, -0.05) is 49.8 Å². The Balaban J connectivity index is 1.86. The molecule has 3 aromatic rings. The minimum atomic E-state index is -0.120. The SMILES string of the molecule is Cc1nc2ccccc2nc1S[C@H](C)c1nc(C(C)(C)C)no1. The number of fused-ring (bicyclic) bond motifs is 1. The van der Waals surface area contributed by atoms with Gasteiger partial charge in [-0.25, -0.2) is 9.97 Å². The molecule has 0 fully saturated rings. The van der Waals surface area contributed by atoms with E-state index < -0.39 is 0 Å². The highest BCUT2D eigenvalue weighted by atomic mass is 32.2. The molecule has 0 aliphatic heterocycles. The van der Waals surface area contributed by atoms with Crippen molar-refractivity contribution in [3.63, 3.8) is 0 Å². The summed E-state index contributed by atoms with van der Waals surface area (Å²) in [7, 11) is 0. The molecule has 2 aromatic heterocycles. The third kappa shape index (κ3) is 3.37. The van der Waals surface area contributed by atoms with Crippen molar-refractivity contribution in [2.45, 2.75) is 50.3 Å². The number of hydrogen-bond donors (Lipinski definition) is 0. The van der Waals surface area contributed by atoms with Gasteiger partial charge in [0.1, 0.15) is 5.03 Å². The summed E-state index contributed by atoms with van der Waals surface area (Å²) >= 11 is 1.59. The number of rotatable bonds is 3. The molecule has 1 aromatic carbocycles. The lowest BCUT2D eigenvalue weighted by molar-refractivity contribution is 0.364. The summed E-state index contributed by atoms with van der Waals surface area (Å²) in [6, 6.07) is 7.89. The van der Waals surface area contributed by atoms with Crippen molar-refractivity contribution in [3.8, 4) is 0 Å². The van der Waals surface area contributed by atoms with Crippen molar-refractivity contribution in [1.82, 2.24) is 20.1 Å². The van der Waals surface area contributed by atoms with Gasteiger partial charge in [0.15, 0.2) is 5.82 Å².